The van der Waals surface area contributed by atoms with E-state index in [9.17, 15) is 13.5 Å². The molecule has 1 aliphatic rings. The van der Waals surface area contributed by atoms with Crippen molar-refractivity contribution in [3.8, 4) is 0 Å². The molecule has 0 aliphatic heterocycles. The lowest BCUT2D eigenvalue weighted by Gasteiger charge is -2.28. The van der Waals surface area contributed by atoms with Crippen LogP contribution < -0.4 is 0 Å². The molecule has 1 N–H and O–H groups in total. The van der Waals surface area contributed by atoms with Crippen molar-refractivity contribution in [3.05, 3.63) is 27.8 Å². The second-order valence-electron chi connectivity index (χ2n) is 5.15. The second-order valence-corrected chi connectivity index (χ2v) is 8.44. The normalized spacial score (nSPS) is 18.9. The third-order valence-electron chi connectivity index (χ3n) is 3.57. The van der Waals surface area contributed by atoms with Gasteiger partial charge in [0.05, 0.1) is 10.5 Å². The van der Waals surface area contributed by atoms with Crippen molar-refractivity contribution in [2.24, 2.45) is 0 Å². The Morgan fingerprint density at radius 2 is 1.79 bits per heavy atom. The molecule has 0 amide bonds. The van der Waals surface area contributed by atoms with Gasteiger partial charge in [0.1, 0.15) is 0 Å². The van der Waals surface area contributed by atoms with Crippen LogP contribution in [0.25, 0.3) is 0 Å². The zero-order valence-corrected chi connectivity index (χ0v) is 13.8. The Morgan fingerprint density at radius 3 is 2.32 bits per heavy atom. The molecule has 1 fully saturated rings. The van der Waals surface area contributed by atoms with Crippen molar-refractivity contribution < 1.29 is 13.5 Å². The van der Waals surface area contributed by atoms with Gasteiger partial charge >= 0.3 is 0 Å². The summed E-state index contributed by atoms with van der Waals surface area (Å²) in [6.45, 7) is 0.168. The predicted molar refractivity (Wildman–Crippen MR) is 82.4 cm³/mol. The first-order chi connectivity index (χ1) is 8.83. The van der Waals surface area contributed by atoms with E-state index in [-0.39, 0.29) is 11.4 Å². The van der Waals surface area contributed by atoms with E-state index in [0.29, 0.717) is 12.8 Å². The zero-order chi connectivity index (χ0) is 14.1. The third kappa shape index (κ3) is 3.48. The van der Waals surface area contributed by atoms with Crippen molar-refractivity contribution in [2.45, 2.75) is 36.2 Å². The van der Waals surface area contributed by atoms with Gasteiger partial charge in [0.15, 0.2) is 0 Å². The monoisotopic (exact) mass is 395 g/mol. The van der Waals surface area contributed by atoms with E-state index in [1.54, 1.807) is 24.3 Å². The molecule has 1 aliphatic carbocycles. The number of aliphatic hydroxyl groups is 1. The third-order valence-corrected chi connectivity index (χ3v) is 6.11. The van der Waals surface area contributed by atoms with Gasteiger partial charge in [0, 0.05) is 17.2 Å². The van der Waals surface area contributed by atoms with Crippen molar-refractivity contribution in [1.82, 2.24) is 4.31 Å². The van der Waals surface area contributed by atoms with Crippen LogP contribution in [0.3, 0.4) is 0 Å². The van der Waals surface area contributed by atoms with E-state index < -0.39 is 15.6 Å². The van der Waals surface area contributed by atoms with Crippen LogP contribution in [-0.2, 0) is 10.0 Å². The first-order valence-electron chi connectivity index (χ1n) is 6.28. The van der Waals surface area contributed by atoms with Crippen LogP contribution in [0.4, 0.5) is 0 Å². The SMILES string of the molecule is CN(CC1(O)CCCC1)S(=O)(=O)c1ccc(I)cc1. The van der Waals surface area contributed by atoms with Gasteiger partial charge in [-0.2, -0.15) is 4.31 Å². The first kappa shape index (κ1) is 15.2. The minimum absolute atomic E-state index is 0.168. The van der Waals surface area contributed by atoms with Crippen molar-refractivity contribution in [1.29, 1.82) is 0 Å². The number of sulfonamides is 1. The average molecular weight is 395 g/mol. The molecule has 19 heavy (non-hydrogen) atoms. The van der Waals surface area contributed by atoms with Crippen LogP contribution in [0.15, 0.2) is 29.2 Å². The Labute approximate surface area is 128 Å². The van der Waals surface area contributed by atoms with Gasteiger partial charge in [-0.05, 0) is 59.7 Å². The topological polar surface area (TPSA) is 57.6 Å². The second kappa shape index (κ2) is 5.67. The highest BCUT2D eigenvalue weighted by molar-refractivity contribution is 14.1. The fraction of sp³-hybridized carbons (Fsp3) is 0.538. The average Bonchev–Trinajstić information content (AvgIpc) is 2.76. The fourth-order valence-electron chi connectivity index (χ4n) is 2.48. The molecular weight excluding hydrogens is 377 g/mol. The summed E-state index contributed by atoms with van der Waals surface area (Å²) >= 11 is 2.14. The Morgan fingerprint density at radius 1 is 1.26 bits per heavy atom. The molecule has 1 aromatic carbocycles. The summed E-state index contributed by atoms with van der Waals surface area (Å²) in [6.07, 6.45) is 3.29. The molecule has 2 rings (SSSR count). The standard InChI is InChI=1S/C13H18INO3S/c1-15(10-13(16)8-2-3-9-13)19(17,18)12-6-4-11(14)5-7-12/h4-7,16H,2-3,8-10H2,1H3. The Balaban J connectivity index is 2.17. The summed E-state index contributed by atoms with van der Waals surface area (Å²) in [5.74, 6) is 0. The van der Waals surface area contributed by atoms with E-state index in [1.807, 2.05) is 0 Å². The van der Waals surface area contributed by atoms with Crippen molar-refractivity contribution in [3.63, 3.8) is 0 Å². The Kier molecular flexibility index (Phi) is 4.54. The van der Waals surface area contributed by atoms with Gasteiger partial charge in [-0.15, -0.1) is 0 Å². The van der Waals surface area contributed by atoms with Crippen LogP contribution in [0.2, 0.25) is 0 Å². The van der Waals surface area contributed by atoms with E-state index in [2.05, 4.69) is 22.6 Å². The summed E-state index contributed by atoms with van der Waals surface area (Å²) in [6, 6.07) is 6.75. The molecular formula is C13H18INO3S. The maximum Gasteiger partial charge on any atom is 0.242 e. The van der Waals surface area contributed by atoms with Gasteiger partial charge in [0.25, 0.3) is 0 Å². The maximum absolute atomic E-state index is 12.4. The lowest BCUT2D eigenvalue weighted by Crippen LogP contribution is -2.41. The molecule has 0 aromatic heterocycles. The number of nitrogens with zero attached hydrogens (tertiary/aromatic N) is 1. The van der Waals surface area contributed by atoms with Crippen LogP contribution in [-0.4, -0.2) is 37.0 Å². The zero-order valence-electron chi connectivity index (χ0n) is 10.8. The summed E-state index contributed by atoms with van der Waals surface area (Å²) in [5.41, 5.74) is -0.856. The molecule has 0 radical (unpaired) electrons. The number of rotatable bonds is 4. The molecule has 6 heteroatoms. The van der Waals surface area contributed by atoms with Gasteiger partial charge in [0.2, 0.25) is 10.0 Å². The Bertz CT molecular complexity index is 536. The summed E-state index contributed by atoms with van der Waals surface area (Å²) < 4.78 is 27.0. The van der Waals surface area contributed by atoms with Crippen molar-refractivity contribution in [2.75, 3.05) is 13.6 Å². The smallest absolute Gasteiger partial charge is 0.242 e. The molecule has 0 bridgehead atoms. The minimum Gasteiger partial charge on any atom is -0.389 e. The first-order valence-corrected chi connectivity index (χ1v) is 8.80. The quantitative estimate of drug-likeness (QED) is 0.796. The van der Waals surface area contributed by atoms with Crippen LogP contribution in [0, 0.1) is 3.57 Å². The number of benzene rings is 1. The van der Waals surface area contributed by atoms with Crippen LogP contribution >= 0.6 is 22.6 Å². The van der Waals surface area contributed by atoms with Crippen LogP contribution in [0.1, 0.15) is 25.7 Å². The van der Waals surface area contributed by atoms with Crippen molar-refractivity contribution >= 4 is 32.6 Å². The molecule has 4 nitrogen and oxygen atoms in total. The Hall–Kier alpha value is -0.180. The number of hydrogen-bond donors (Lipinski definition) is 1. The number of halogens is 1. The van der Waals surface area contributed by atoms with E-state index in [0.717, 1.165) is 16.4 Å². The van der Waals surface area contributed by atoms with Gasteiger partial charge in [-0.25, -0.2) is 8.42 Å². The lowest BCUT2D eigenvalue weighted by atomic mass is 10.0. The molecule has 0 atom stereocenters. The molecule has 1 saturated carbocycles. The lowest BCUT2D eigenvalue weighted by molar-refractivity contribution is 0.0333. The highest BCUT2D eigenvalue weighted by atomic mass is 127. The summed E-state index contributed by atoms with van der Waals surface area (Å²) in [5, 5.41) is 10.3. The highest BCUT2D eigenvalue weighted by Gasteiger charge is 2.35. The van der Waals surface area contributed by atoms with E-state index in [1.165, 1.54) is 11.4 Å². The van der Waals surface area contributed by atoms with Gasteiger partial charge < -0.3 is 5.11 Å². The molecule has 0 spiro atoms. The predicted octanol–water partition coefficient (Wildman–Crippen LogP) is 2.22. The summed E-state index contributed by atoms with van der Waals surface area (Å²) in [4.78, 5) is 0.275. The largest absolute Gasteiger partial charge is 0.389 e. The molecule has 0 heterocycles. The van der Waals surface area contributed by atoms with Crippen LogP contribution in [0.5, 0.6) is 0 Å². The molecule has 0 unspecified atom stereocenters. The number of hydrogen-bond acceptors (Lipinski definition) is 3. The highest BCUT2D eigenvalue weighted by Crippen LogP contribution is 2.31. The fourth-order valence-corrected chi connectivity index (χ4v) is 4.09. The maximum atomic E-state index is 12.4. The molecule has 106 valence electrons. The molecule has 1 aromatic rings. The van der Waals surface area contributed by atoms with Gasteiger partial charge in [-0.1, -0.05) is 12.8 Å². The minimum atomic E-state index is -3.51. The van der Waals surface area contributed by atoms with Gasteiger partial charge in [-0.3, -0.25) is 0 Å². The summed E-state index contributed by atoms with van der Waals surface area (Å²) in [7, 11) is -1.98. The van der Waals surface area contributed by atoms with E-state index in [4.69, 9.17) is 0 Å². The van der Waals surface area contributed by atoms with E-state index >= 15 is 0 Å². The number of likely N-dealkylation sites (N-methyl/N-ethyl adjacent to an activating group) is 1. The molecule has 0 saturated heterocycles.